The van der Waals surface area contributed by atoms with Crippen LogP contribution in [0.25, 0.3) is 0 Å². The van der Waals surface area contributed by atoms with Crippen molar-refractivity contribution in [3.05, 3.63) is 48.6 Å². The molecule has 2 saturated heterocycles. The maximum absolute atomic E-state index is 6.87. The van der Waals surface area contributed by atoms with E-state index in [-0.39, 0.29) is 5.79 Å². The highest BCUT2D eigenvalue weighted by Gasteiger charge is 2.63. The molecule has 4 atom stereocenters. The fourth-order valence-electron chi connectivity index (χ4n) is 7.68. The number of hydrogen-bond acceptors (Lipinski definition) is 3. The molecule has 3 heteroatoms. The number of fused-ring (bicyclic) bond motifs is 4. The van der Waals surface area contributed by atoms with Gasteiger partial charge in [-0.05, 0) is 71.3 Å². The highest BCUT2D eigenvalue weighted by atomic mass is 16.8. The van der Waals surface area contributed by atoms with Gasteiger partial charge in [0.15, 0.2) is 5.79 Å². The van der Waals surface area contributed by atoms with Gasteiger partial charge in [0.2, 0.25) is 0 Å². The van der Waals surface area contributed by atoms with Crippen LogP contribution in [0, 0.1) is 11.8 Å². The molecule has 3 fully saturated rings. The van der Waals surface area contributed by atoms with Crippen LogP contribution in [-0.2, 0) is 9.47 Å². The Balaban J connectivity index is 1.24. The van der Waals surface area contributed by atoms with Gasteiger partial charge in [-0.25, -0.2) is 0 Å². The zero-order valence-corrected chi connectivity index (χ0v) is 30.1. The lowest BCUT2D eigenvalue weighted by Gasteiger charge is -2.40. The van der Waals surface area contributed by atoms with E-state index in [9.17, 15) is 0 Å². The zero-order valence-electron chi connectivity index (χ0n) is 30.1. The van der Waals surface area contributed by atoms with Gasteiger partial charge in [0.25, 0.3) is 0 Å². The second kappa shape index (κ2) is 24.1. The Morgan fingerprint density at radius 3 is 1.24 bits per heavy atom. The highest BCUT2D eigenvalue weighted by molar-refractivity contribution is 5.09. The molecule has 0 unspecified atom stereocenters. The Labute approximate surface area is 280 Å². The molecular weight excluding hydrogens is 550 g/mol. The molecule has 0 radical (unpaired) electrons. The summed E-state index contributed by atoms with van der Waals surface area (Å²) in [5, 5.41) is 0. The SMILES string of the molecule is CCCC/C=C\C/C=C\CCCCCCCCC1(CCCCCCCC/C=C\C/C=C\CCCC)O[C@@H]2[C@@H]3CN(C)C[C@@H]3[C@@H]2O1. The van der Waals surface area contributed by atoms with E-state index in [0.29, 0.717) is 24.0 Å². The third kappa shape index (κ3) is 15.1. The summed E-state index contributed by atoms with van der Waals surface area (Å²) in [4.78, 5) is 2.48. The minimum atomic E-state index is -0.288. The van der Waals surface area contributed by atoms with Crippen molar-refractivity contribution >= 4 is 0 Å². The number of ether oxygens (including phenoxy) is 2. The van der Waals surface area contributed by atoms with Crippen molar-refractivity contribution in [3.63, 3.8) is 0 Å². The number of unbranched alkanes of at least 4 members (excludes halogenated alkanes) is 16. The van der Waals surface area contributed by atoms with Crippen LogP contribution in [0.15, 0.2) is 48.6 Å². The first kappa shape index (κ1) is 38.3. The third-order valence-corrected chi connectivity index (χ3v) is 10.5. The van der Waals surface area contributed by atoms with Crippen LogP contribution in [-0.4, -0.2) is 43.0 Å². The van der Waals surface area contributed by atoms with Crippen molar-refractivity contribution < 1.29 is 9.47 Å². The van der Waals surface area contributed by atoms with Crippen LogP contribution in [0.4, 0.5) is 0 Å². The van der Waals surface area contributed by atoms with Crippen molar-refractivity contribution in [2.24, 2.45) is 11.8 Å². The van der Waals surface area contributed by atoms with E-state index in [0.717, 1.165) is 25.7 Å². The highest BCUT2D eigenvalue weighted by Crippen LogP contribution is 2.53. The van der Waals surface area contributed by atoms with Crippen LogP contribution < -0.4 is 0 Å². The lowest BCUT2D eigenvalue weighted by atomic mass is 9.71. The van der Waals surface area contributed by atoms with Gasteiger partial charge in [0.1, 0.15) is 0 Å². The summed E-state index contributed by atoms with van der Waals surface area (Å²) in [5.41, 5.74) is 0. The van der Waals surface area contributed by atoms with Crippen LogP contribution in [0.1, 0.15) is 168 Å². The van der Waals surface area contributed by atoms with Crippen molar-refractivity contribution in [2.75, 3.05) is 20.1 Å². The molecule has 3 nitrogen and oxygen atoms in total. The largest absolute Gasteiger partial charge is 0.344 e. The van der Waals surface area contributed by atoms with Crippen LogP contribution >= 0.6 is 0 Å². The van der Waals surface area contributed by atoms with Crippen LogP contribution in [0.5, 0.6) is 0 Å². The molecule has 2 heterocycles. The Morgan fingerprint density at radius 2 is 0.844 bits per heavy atom. The third-order valence-electron chi connectivity index (χ3n) is 10.5. The van der Waals surface area contributed by atoms with Gasteiger partial charge in [-0.2, -0.15) is 0 Å². The molecule has 3 rings (SSSR count). The normalized spacial score (nSPS) is 24.5. The second-order valence-corrected chi connectivity index (χ2v) is 14.6. The standard InChI is InChI=1S/C42H73NO2/c1-4-6-8-10-12-14-16-18-20-22-24-26-28-30-32-34-42(44-40-38-36-43(3)37-39(38)41(40)45-42)35-33-31-29-27-25-23-21-19-17-15-13-11-9-7-5-2/h10-13,16-19,38-41H,4-9,14-15,20-37H2,1-3H3/b12-10-,13-11-,18-16-,19-17-/t38-,39+,40-,41+. The van der Waals surface area contributed by atoms with Gasteiger partial charge in [-0.15, -0.1) is 0 Å². The van der Waals surface area contributed by atoms with Gasteiger partial charge in [-0.1, -0.05) is 140 Å². The first-order valence-electron chi connectivity index (χ1n) is 19.8. The van der Waals surface area contributed by atoms with Gasteiger partial charge in [0, 0.05) is 37.8 Å². The first-order valence-corrected chi connectivity index (χ1v) is 19.8. The van der Waals surface area contributed by atoms with Crippen molar-refractivity contribution in [2.45, 2.75) is 186 Å². The van der Waals surface area contributed by atoms with E-state index in [4.69, 9.17) is 9.47 Å². The topological polar surface area (TPSA) is 21.7 Å². The average molecular weight is 624 g/mol. The van der Waals surface area contributed by atoms with E-state index >= 15 is 0 Å². The molecule has 258 valence electrons. The van der Waals surface area contributed by atoms with Gasteiger partial charge in [-0.3, -0.25) is 0 Å². The molecule has 45 heavy (non-hydrogen) atoms. The molecule has 0 aromatic carbocycles. The molecule has 2 aliphatic heterocycles. The van der Waals surface area contributed by atoms with E-state index in [1.54, 1.807) is 0 Å². The summed E-state index contributed by atoms with van der Waals surface area (Å²) in [5.74, 6) is 1.13. The monoisotopic (exact) mass is 624 g/mol. The molecule has 1 saturated carbocycles. The number of rotatable bonds is 28. The zero-order chi connectivity index (χ0) is 31.8. The first-order chi connectivity index (χ1) is 22.2. The van der Waals surface area contributed by atoms with E-state index in [1.165, 1.54) is 142 Å². The molecule has 0 bridgehead atoms. The van der Waals surface area contributed by atoms with E-state index in [2.05, 4.69) is 74.4 Å². The summed E-state index contributed by atoms with van der Waals surface area (Å²) >= 11 is 0. The molecule has 0 aromatic rings. The number of likely N-dealkylation sites (tertiary alicyclic amines) is 1. The minimum Gasteiger partial charge on any atom is -0.344 e. The summed E-state index contributed by atoms with van der Waals surface area (Å²) in [6.07, 6.45) is 50.1. The summed E-state index contributed by atoms with van der Waals surface area (Å²) in [6.45, 7) is 6.91. The predicted octanol–water partition coefficient (Wildman–Crippen LogP) is 12.3. The average Bonchev–Trinajstić information content (AvgIpc) is 3.56. The number of hydrogen-bond donors (Lipinski definition) is 0. The number of allylic oxidation sites excluding steroid dienone is 8. The molecule has 0 amide bonds. The van der Waals surface area contributed by atoms with Gasteiger partial charge >= 0.3 is 0 Å². The molecule has 0 N–H and O–H groups in total. The maximum Gasteiger partial charge on any atom is 0.169 e. The summed E-state index contributed by atoms with van der Waals surface area (Å²) in [6, 6.07) is 0. The lowest BCUT2D eigenvalue weighted by molar-refractivity contribution is -0.182. The van der Waals surface area contributed by atoms with Crippen molar-refractivity contribution in [1.82, 2.24) is 4.90 Å². The molecule has 3 aliphatic rings. The Bertz CT molecular complexity index is 776. The van der Waals surface area contributed by atoms with Crippen LogP contribution in [0.3, 0.4) is 0 Å². The fraction of sp³-hybridized carbons (Fsp3) is 0.810. The lowest BCUT2D eigenvalue weighted by Crippen LogP contribution is -2.52. The quantitative estimate of drug-likeness (QED) is 0.0639. The Morgan fingerprint density at radius 1 is 0.489 bits per heavy atom. The van der Waals surface area contributed by atoms with Crippen molar-refractivity contribution in [1.29, 1.82) is 0 Å². The van der Waals surface area contributed by atoms with E-state index < -0.39 is 0 Å². The maximum atomic E-state index is 6.87. The summed E-state index contributed by atoms with van der Waals surface area (Å²) in [7, 11) is 2.26. The molecule has 0 aromatic heterocycles. The van der Waals surface area contributed by atoms with Gasteiger partial charge < -0.3 is 14.4 Å². The van der Waals surface area contributed by atoms with Gasteiger partial charge in [0.05, 0.1) is 12.2 Å². The summed E-state index contributed by atoms with van der Waals surface area (Å²) < 4.78 is 13.7. The molecular formula is C42H73NO2. The second-order valence-electron chi connectivity index (χ2n) is 14.6. The Kier molecular flexibility index (Phi) is 20.5. The van der Waals surface area contributed by atoms with E-state index in [1.807, 2.05) is 0 Å². The smallest absolute Gasteiger partial charge is 0.169 e. The fourth-order valence-corrected chi connectivity index (χ4v) is 7.68. The van der Waals surface area contributed by atoms with Crippen molar-refractivity contribution in [3.8, 4) is 0 Å². The Hall–Kier alpha value is -1.16. The molecule has 1 aliphatic carbocycles. The molecule has 0 spiro atoms. The predicted molar refractivity (Wildman–Crippen MR) is 196 cm³/mol. The minimum absolute atomic E-state index is 0.288. The number of nitrogens with zero attached hydrogens (tertiary/aromatic N) is 1. The van der Waals surface area contributed by atoms with Crippen LogP contribution in [0.2, 0.25) is 0 Å².